The molecule has 5 heteroatoms. The lowest BCUT2D eigenvalue weighted by atomic mass is 9.89. The third-order valence-electron chi connectivity index (χ3n) is 5.73. The number of hydrogen-bond acceptors (Lipinski definition) is 4. The van der Waals surface area contributed by atoms with Crippen molar-refractivity contribution in [2.45, 2.75) is 37.6 Å². The molecular formula is C23H25NO4. The molecule has 1 fully saturated rings. The number of rotatable bonds is 6. The maximum Gasteiger partial charge on any atom is 0.255 e. The lowest BCUT2D eigenvalue weighted by Gasteiger charge is -2.34. The van der Waals surface area contributed by atoms with Crippen LogP contribution in [0.4, 0.5) is 0 Å². The molecule has 2 aromatic carbocycles. The summed E-state index contributed by atoms with van der Waals surface area (Å²) in [6.45, 7) is 0.206. The molecule has 1 saturated carbocycles. The molecule has 28 heavy (non-hydrogen) atoms. The SMILES string of the molecule is CO[C@@H]1CCC[C@]1(OC)c1cccc(OCc2cc3ccccc3[nH]c2=O)c1. The molecule has 0 amide bonds. The van der Waals surface area contributed by atoms with E-state index in [0.717, 1.165) is 35.7 Å². The van der Waals surface area contributed by atoms with Gasteiger partial charge in [0.15, 0.2) is 0 Å². The van der Waals surface area contributed by atoms with Gasteiger partial charge in [0.05, 0.1) is 11.7 Å². The lowest BCUT2D eigenvalue weighted by molar-refractivity contribution is -0.104. The highest BCUT2D eigenvalue weighted by Crippen LogP contribution is 2.44. The minimum atomic E-state index is -0.450. The number of hydrogen-bond donors (Lipinski definition) is 1. The summed E-state index contributed by atoms with van der Waals surface area (Å²) in [5.41, 5.74) is 1.89. The van der Waals surface area contributed by atoms with E-state index in [2.05, 4.69) is 11.1 Å². The molecule has 1 aliphatic rings. The summed E-state index contributed by atoms with van der Waals surface area (Å²) < 4.78 is 17.6. The maximum absolute atomic E-state index is 12.3. The van der Waals surface area contributed by atoms with Crippen LogP contribution in [0.3, 0.4) is 0 Å². The minimum absolute atomic E-state index is 0.0242. The Kier molecular flexibility index (Phi) is 5.20. The molecule has 4 rings (SSSR count). The van der Waals surface area contributed by atoms with Gasteiger partial charge in [-0.05, 0) is 54.5 Å². The summed E-state index contributed by atoms with van der Waals surface area (Å²) in [5, 5.41) is 0.988. The molecule has 0 bridgehead atoms. The van der Waals surface area contributed by atoms with Crippen LogP contribution in [0.25, 0.3) is 10.9 Å². The molecule has 0 saturated heterocycles. The third kappa shape index (κ3) is 3.32. The van der Waals surface area contributed by atoms with E-state index in [1.807, 2.05) is 48.5 Å². The molecule has 0 radical (unpaired) electrons. The number of methoxy groups -OCH3 is 2. The molecule has 1 N–H and O–H groups in total. The summed E-state index contributed by atoms with van der Waals surface area (Å²) in [6.07, 6.45) is 2.97. The zero-order valence-electron chi connectivity index (χ0n) is 16.2. The summed E-state index contributed by atoms with van der Waals surface area (Å²) in [4.78, 5) is 15.2. The summed E-state index contributed by atoms with van der Waals surface area (Å²) in [6, 6.07) is 17.5. The van der Waals surface area contributed by atoms with Gasteiger partial charge in [0.1, 0.15) is 18.0 Å². The Hall–Kier alpha value is -2.63. The Morgan fingerprint density at radius 3 is 2.79 bits per heavy atom. The van der Waals surface area contributed by atoms with Crippen molar-refractivity contribution in [3.8, 4) is 5.75 Å². The topological polar surface area (TPSA) is 60.6 Å². The number of aromatic nitrogens is 1. The number of nitrogens with one attached hydrogen (secondary N) is 1. The van der Waals surface area contributed by atoms with E-state index in [0.29, 0.717) is 11.3 Å². The Balaban J connectivity index is 1.58. The normalized spacial score (nSPS) is 21.9. The van der Waals surface area contributed by atoms with Gasteiger partial charge in [0, 0.05) is 19.7 Å². The predicted octanol–water partition coefficient (Wildman–Crippen LogP) is 4.15. The average Bonchev–Trinajstić information content (AvgIpc) is 3.17. The smallest absolute Gasteiger partial charge is 0.255 e. The molecule has 3 aromatic rings. The highest BCUT2D eigenvalue weighted by molar-refractivity contribution is 5.78. The first-order chi connectivity index (χ1) is 13.7. The molecule has 2 atom stereocenters. The van der Waals surface area contributed by atoms with Crippen LogP contribution in [0.2, 0.25) is 0 Å². The van der Waals surface area contributed by atoms with E-state index in [-0.39, 0.29) is 18.3 Å². The van der Waals surface area contributed by atoms with Crippen molar-refractivity contribution in [3.63, 3.8) is 0 Å². The number of fused-ring (bicyclic) bond motifs is 1. The van der Waals surface area contributed by atoms with Crippen LogP contribution in [-0.2, 0) is 21.7 Å². The summed E-state index contributed by atoms with van der Waals surface area (Å²) in [5.74, 6) is 0.711. The Morgan fingerprint density at radius 2 is 1.96 bits per heavy atom. The Bertz CT molecular complexity index is 1030. The Morgan fingerprint density at radius 1 is 1.11 bits per heavy atom. The van der Waals surface area contributed by atoms with Crippen LogP contribution in [0, 0.1) is 0 Å². The summed E-state index contributed by atoms with van der Waals surface area (Å²) in [7, 11) is 3.47. The average molecular weight is 379 g/mol. The number of ether oxygens (including phenoxy) is 3. The van der Waals surface area contributed by atoms with Gasteiger partial charge >= 0.3 is 0 Å². The first-order valence-corrected chi connectivity index (χ1v) is 9.58. The predicted molar refractivity (Wildman–Crippen MR) is 109 cm³/mol. The highest BCUT2D eigenvalue weighted by atomic mass is 16.5. The second-order valence-corrected chi connectivity index (χ2v) is 7.24. The van der Waals surface area contributed by atoms with Crippen LogP contribution in [0.1, 0.15) is 30.4 Å². The second-order valence-electron chi connectivity index (χ2n) is 7.24. The minimum Gasteiger partial charge on any atom is -0.489 e. The van der Waals surface area contributed by atoms with Crippen molar-refractivity contribution < 1.29 is 14.2 Å². The van der Waals surface area contributed by atoms with Gasteiger partial charge in [-0.15, -0.1) is 0 Å². The van der Waals surface area contributed by atoms with Gasteiger partial charge in [0.2, 0.25) is 0 Å². The summed E-state index contributed by atoms with van der Waals surface area (Å²) >= 11 is 0. The van der Waals surface area contributed by atoms with E-state index in [1.54, 1.807) is 14.2 Å². The van der Waals surface area contributed by atoms with Gasteiger partial charge in [-0.25, -0.2) is 0 Å². The fraction of sp³-hybridized carbons (Fsp3) is 0.348. The number of aromatic amines is 1. The fourth-order valence-corrected chi connectivity index (χ4v) is 4.24. The van der Waals surface area contributed by atoms with Crippen molar-refractivity contribution >= 4 is 10.9 Å². The molecule has 1 aliphatic carbocycles. The molecule has 0 spiro atoms. The maximum atomic E-state index is 12.3. The van der Waals surface area contributed by atoms with Crippen molar-refractivity contribution in [3.05, 3.63) is 76.1 Å². The van der Waals surface area contributed by atoms with Crippen molar-refractivity contribution in [2.75, 3.05) is 14.2 Å². The monoisotopic (exact) mass is 379 g/mol. The molecule has 5 nitrogen and oxygen atoms in total. The largest absolute Gasteiger partial charge is 0.489 e. The van der Waals surface area contributed by atoms with E-state index in [1.165, 1.54) is 0 Å². The van der Waals surface area contributed by atoms with Gasteiger partial charge in [-0.2, -0.15) is 0 Å². The molecule has 146 valence electrons. The third-order valence-corrected chi connectivity index (χ3v) is 5.73. The number of benzene rings is 2. The van der Waals surface area contributed by atoms with Crippen LogP contribution >= 0.6 is 0 Å². The van der Waals surface area contributed by atoms with Crippen LogP contribution in [0.5, 0.6) is 5.75 Å². The Labute approximate surface area is 164 Å². The van der Waals surface area contributed by atoms with Crippen molar-refractivity contribution in [2.24, 2.45) is 0 Å². The van der Waals surface area contributed by atoms with E-state index < -0.39 is 5.60 Å². The van der Waals surface area contributed by atoms with Crippen LogP contribution < -0.4 is 10.3 Å². The second kappa shape index (κ2) is 7.78. The highest BCUT2D eigenvalue weighted by Gasteiger charge is 2.45. The van der Waals surface area contributed by atoms with Gasteiger partial charge in [-0.1, -0.05) is 30.3 Å². The standard InChI is InChI=1S/C23H25NO4/c1-26-21-11-6-12-23(21,27-2)18-8-5-9-19(14-18)28-15-17-13-16-7-3-4-10-20(16)24-22(17)25/h3-5,7-10,13-14,21H,6,11-12,15H2,1-2H3,(H,24,25)/t21-,23+/m1/s1. The molecule has 1 aromatic heterocycles. The quantitative estimate of drug-likeness (QED) is 0.699. The van der Waals surface area contributed by atoms with E-state index >= 15 is 0 Å². The van der Waals surface area contributed by atoms with Crippen LogP contribution in [-0.4, -0.2) is 25.3 Å². The van der Waals surface area contributed by atoms with E-state index in [9.17, 15) is 4.79 Å². The van der Waals surface area contributed by atoms with E-state index in [4.69, 9.17) is 14.2 Å². The van der Waals surface area contributed by atoms with Gasteiger partial charge < -0.3 is 19.2 Å². The molecular weight excluding hydrogens is 354 g/mol. The zero-order valence-corrected chi connectivity index (χ0v) is 16.2. The molecule has 0 unspecified atom stereocenters. The number of pyridine rings is 1. The fourth-order valence-electron chi connectivity index (χ4n) is 4.24. The number of para-hydroxylation sites is 1. The van der Waals surface area contributed by atoms with Crippen molar-refractivity contribution in [1.29, 1.82) is 0 Å². The lowest BCUT2D eigenvalue weighted by Crippen LogP contribution is -2.37. The molecule has 0 aliphatic heterocycles. The first kappa shape index (κ1) is 18.7. The van der Waals surface area contributed by atoms with Crippen LogP contribution in [0.15, 0.2) is 59.4 Å². The first-order valence-electron chi connectivity index (χ1n) is 9.58. The van der Waals surface area contributed by atoms with Gasteiger partial charge in [-0.3, -0.25) is 4.79 Å². The molecule has 1 heterocycles. The van der Waals surface area contributed by atoms with Gasteiger partial charge in [0.25, 0.3) is 5.56 Å². The van der Waals surface area contributed by atoms with Crippen molar-refractivity contribution in [1.82, 2.24) is 4.98 Å². The zero-order chi connectivity index (χ0) is 19.6. The number of H-pyrrole nitrogens is 1.